The van der Waals surface area contributed by atoms with Gasteiger partial charge >= 0.3 is 5.97 Å². The number of esters is 1. The van der Waals surface area contributed by atoms with E-state index in [1.807, 2.05) is 0 Å². The molecule has 0 atom stereocenters. The Morgan fingerprint density at radius 1 is 1.38 bits per heavy atom. The minimum Gasteiger partial charge on any atom is -0.462 e. The van der Waals surface area contributed by atoms with E-state index in [0.29, 0.717) is 28.3 Å². The van der Waals surface area contributed by atoms with Crippen LogP contribution in [0.2, 0.25) is 5.15 Å². The first-order valence-electron chi connectivity index (χ1n) is 7.03. The van der Waals surface area contributed by atoms with E-state index in [2.05, 4.69) is 22.2 Å². The summed E-state index contributed by atoms with van der Waals surface area (Å²) in [4.78, 5) is 21.2. The Morgan fingerprint density at radius 2 is 2.19 bits per heavy atom. The molecule has 0 bridgehead atoms. The molecule has 0 saturated carbocycles. The number of rotatable bonds is 7. The maximum atomic E-state index is 11.9. The summed E-state index contributed by atoms with van der Waals surface area (Å²) >= 11 is 7.56. The van der Waals surface area contributed by atoms with Crippen molar-refractivity contribution < 1.29 is 9.53 Å². The zero-order valence-electron chi connectivity index (χ0n) is 12.1. The molecule has 0 aliphatic rings. The van der Waals surface area contributed by atoms with Crippen molar-refractivity contribution in [2.75, 3.05) is 18.5 Å². The molecular weight excluding hydrogens is 310 g/mol. The number of aromatic nitrogens is 2. The van der Waals surface area contributed by atoms with Gasteiger partial charge in [-0.2, -0.15) is 0 Å². The van der Waals surface area contributed by atoms with Gasteiger partial charge < -0.3 is 10.1 Å². The summed E-state index contributed by atoms with van der Waals surface area (Å²) < 4.78 is 5.01. The smallest absolute Gasteiger partial charge is 0.339 e. The number of carbonyl (C=O) groups excluding carboxylic acids is 1. The quantitative estimate of drug-likeness (QED) is 0.470. The van der Waals surface area contributed by atoms with Crippen molar-refractivity contribution >= 4 is 45.1 Å². The van der Waals surface area contributed by atoms with Crippen molar-refractivity contribution in [2.24, 2.45) is 0 Å². The van der Waals surface area contributed by atoms with E-state index in [4.69, 9.17) is 16.3 Å². The van der Waals surface area contributed by atoms with Gasteiger partial charge in [-0.1, -0.05) is 31.4 Å². The molecule has 2 heterocycles. The van der Waals surface area contributed by atoms with Crippen LogP contribution in [0.1, 0.15) is 43.5 Å². The van der Waals surface area contributed by atoms with Crippen molar-refractivity contribution in [1.82, 2.24) is 9.97 Å². The number of nitrogens with one attached hydrogen (secondary N) is 1. The van der Waals surface area contributed by atoms with Crippen LogP contribution in [0.3, 0.4) is 0 Å². The van der Waals surface area contributed by atoms with E-state index in [0.717, 1.165) is 25.8 Å². The van der Waals surface area contributed by atoms with Gasteiger partial charge in [0.25, 0.3) is 0 Å². The average Bonchev–Trinajstić information content (AvgIpc) is 2.88. The predicted molar refractivity (Wildman–Crippen MR) is 86.4 cm³/mol. The second-order valence-electron chi connectivity index (χ2n) is 4.52. The van der Waals surface area contributed by atoms with E-state index in [1.54, 1.807) is 12.3 Å². The van der Waals surface area contributed by atoms with Crippen molar-refractivity contribution in [3.05, 3.63) is 16.1 Å². The van der Waals surface area contributed by atoms with Crippen LogP contribution in [0.4, 0.5) is 5.95 Å². The molecule has 0 fully saturated rings. The molecule has 0 aliphatic carbocycles. The molecule has 0 radical (unpaired) electrons. The summed E-state index contributed by atoms with van der Waals surface area (Å²) in [7, 11) is 0. The maximum absolute atomic E-state index is 11.9. The molecule has 0 spiro atoms. The highest BCUT2D eigenvalue weighted by atomic mass is 35.5. The average molecular weight is 328 g/mol. The van der Waals surface area contributed by atoms with Crippen LogP contribution in [0.25, 0.3) is 10.2 Å². The van der Waals surface area contributed by atoms with Crippen LogP contribution >= 0.6 is 22.9 Å². The fourth-order valence-corrected chi connectivity index (χ4v) is 3.15. The van der Waals surface area contributed by atoms with Crippen molar-refractivity contribution in [1.29, 1.82) is 0 Å². The first-order valence-corrected chi connectivity index (χ1v) is 8.28. The van der Waals surface area contributed by atoms with E-state index in [9.17, 15) is 4.79 Å². The Kier molecular flexibility index (Phi) is 5.76. The number of thiophene rings is 1. The van der Waals surface area contributed by atoms with Gasteiger partial charge in [-0.15, -0.1) is 11.3 Å². The van der Waals surface area contributed by atoms with E-state index < -0.39 is 5.97 Å². The normalized spacial score (nSPS) is 10.8. The van der Waals surface area contributed by atoms with Crippen molar-refractivity contribution in [3.8, 4) is 0 Å². The zero-order valence-corrected chi connectivity index (χ0v) is 13.7. The van der Waals surface area contributed by atoms with Crippen LogP contribution < -0.4 is 5.32 Å². The molecule has 2 aromatic heterocycles. The largest absolute Gasteiger partial charge is 0.462 e. The third-order valence-electron chi connectivity index (χ3n) is 2.95. The molecule has 0 saturated heterocycles. The lowest BCUT2D eigenvalue weighted by atomic mass is 10.2. The molecule has 0 aromatic carbocycles. The highest BCUT2D eigenvalue weighted by molar-refractivity contribution is 7.17. The second-order valence-corrected chi connectivity index (χ2v) is 5.74. The van der Waals surface area contributed by atoms with E-state index in [1.165, 1.54) is 11.3 Å². The lowest BCUT2D eigenvalue weighted by molar-refractivity contribution is 0.0529. The van der Waals surface area contributed by atoms with Gasteiger partial charge in [-0.05, 0) is 13.3 Å². The predicted octanol–water partition coefficient (Wildman–Crippen LogP) is 4.12. The molecule has 2 aromatic rings. The molecular formula is C14H18ClN3O2S. The summed E-state index contributed by atoms with van der Waals surface area (Å²) in [6.45, 7) is 5.06. The number of carbonyl (C=O) groups is 1. The third-order valence-corrected chi connectivity index (χ3v) is 4.09. The maximum Gasteiger partial charge on any atom is 0.339 e. The number of nitrogens with zero attached hydrogens (tertiary/aromatic N) is 2. The third kappa shape index (κ3) is 3.83. The Hall–Kier alpha value is -1.40. The summed E-state index contributed by atoms with van der Waals surface area (Å²) in [5.74, 6) is 0.110. The van der Waals surface area contributed by atoms with Crippen molar-refractivity contribution in [3.63, 3.8) is 0 Å². The lowest BCUT2D eigenvalue weighted by Gasteiger charge is -2.05. The van der Waals surface area contributed by atoms with Crippen LogP contribution in [0.5, 0.6) is 0 Å². The van der Waals surface area contributed by atoms with E-state index >= 15 is 0 Å². The minimum atomic E-state index is -0.391. The van der Waals surface area contributed by atoms with Crippen molar-refractivity contribution in [2.45, 2.75) is 33.1 Å². The van der Waals surface area contributed by atoms with Gasteiger partial charge in [-0.25, -0.2) is 14.8 Å². The number of ether oxygens (including phenoxy) is 1. The zero-order chi connectivity index (χ0) is 15.2. The van der Waals surface area contributed by atoms with Gasteiger partial charge in [0.1, 0.15) is 9.98 Å². The summed E-state index contributed by atoms with van der Waals surface area (Å²) in [5.41, 5.74) is 0.430. The SMILES string of the molecule is CCCCCNc1nc(Cl)c2c(C(=O)OCC)csc2n1. The first-order chi connectivity index (χ1) is 10.2. The number of fused-ring (bicyclic) bond motifs is 1. The Labute approximate surface area is 132 Å². The standard InChI is InChI=1S/C14H18ClN3O2S/c1-3-5-6-7-16-14-17-11(15)10-9(13(19)20-4-2)8-21-12(10)18-14/h8H,3-7H2,1-2H3,(H,16,17,18). The number of halogens is 1. The molecule has 0 amide bonds. The van der Waals surface area contributed by atoms with Gasteiger partial charge in [0.2, 0.25) is 5.95 Å². The summed E-state index contributed by atoms with van der Waals surface area (Å²) in [6, 6.07) is 0. The highest BCUT2D eigenvalue weighted by Gasteiger charge is 2.18. The van der Waals surface area contributed by atoms with Crippen LogP contribution in [-0.4, -0.2) is 29.1 Å². The molecule has 21 heavy (non-hydrogen) atoms. The molecule has 0 aliphatic heterocycles. The molecule has 0 unspecified atom stereocenters. The molecule has 5 nitrogen and oxygen atoms in total. The molecule has 2 rings (SSSR count). The first kappa shape index (κ1) is 16.0. The topological polar surface area (TPSA) is 64.1 Å². The lowest BCUT2D eigenvalue weighted by Crippen LogP contribution is -2.07. The van der Waals surface area contributed by atoms with Gasteiger partial charge in [-0.3, -0.25) is 0 Å². The monoisotopic (exact) mass is 327 g/mol. The molecule has 114 valence electrons. The van der Waals surface area contributed by atoms with Gasteiger partial charge in [0.15, 0.2) is 0 Å². The number of unbranched alkanes of at least 4 members (excludes halogenated alkanes) is 2. The second kappa shape index (κ2) is 7.56. The highest BCUT2D eigenvalue weighted by Crippen LogP contribution is 2.31. The van der Waals surface area contributed by atoms with Crippen LogP contribution in [-0.2, 0) is 4.74 Å². The minimum absolute atomic E-state index is 0.280. The Morgan fingerprint density at radius 3 is 2.90 bits per heavy atom. The van der Waals surface area contributed by atoms with Crippen LogP contribution in [0.15, 0.2) is 5.38 Å². The molecule has 1 N–H and O–H groups in total. The number of hydrogen-bond donors (Lipinski definition) is 1. The summed E-state index contributed by atoms with van der Waals surface area (Å²) in [5, 5.41) is 5.72. The Bertz CT molecular complexity index is 630. The number of hydrogen-bond acceptors (Lipinski definition) is 6. The number of anilines is 1. The fourth-order valence-electron chi connectivity index (χ4n) is 1.91. The fraction of sp³-hybridized carbons (Fsp3) is 0.500. The van der Waals surface area contributed by atoms with Gasteiger partial charge in [0.05, 0.1) is 17.6 Å². The Balaban J connectivity index is 2.21. The van der Waals surface area contributed by atoms with E-state index in [-0.39, 0.29) is 5.15 Å². The molecule has 7 heteroatoms. The van der Waals surface area contributed by atoms with Gasteiger partial charge in [0, 0.05) is 11.9 Å². The van der Waals surface area contributed by atoms with Crippen LogP contribution in [0, 0.1) is 0 Å². The summed E-state index contributed by atoms with van der Waals surface area (Å²) in [6.07, 6.45) is 3.39.